The minimum atomic E-state index is -1.25. The standard InChI is InChI=1S/C9H18OSi/c1-5-8-9(4)10-11(6-2)7-3/h6-7,9,11H,2-3,5,8H2,1,4H3. The van der Waals surface area contributed by atoms with Gasteiger partial charge < -0.3 is 4.43 Å². The predicted octanol–water partition coefficient (Wildman–Crippen LogP) is 2.37. The molecule has 0 aliphatic heterocycles. The normalized spacial score (nSPS) is 13.0. The molecule has 0 fully saturated rings. The van der Waals surface area contributed by atoms with Gasteiger partial charge in [0.15, 0.2) is 0 Å². The molecule has 0 aromatic carbocycles. The lowest BCUT2D eigenvalue weighted by Crippen LogP contribution is -2.19. The molecule has 0 N–H and O–H groups in total. The molecular weight excluding hydrogens is 152 g/mol. The third-order valence-electron chi connectivity index (χ3n) is 1.55. The summed E-state index contributed by atoms with van der Waals surface area (Å²) in [6, 6.07) is 0. The van der Waals surface area contributed by atoms with Gasteiger partial charge >= 0.3 is 0 Å². The molecule has 1 atom stereocenters. The van der Waals surface area contributed by atoms with Crippen LogP contribution in [0.1, 0.15) is 26.7 Å². The van der Waals surface area contributed by atoms with Gasteiger partial charge in [-0.15, -0.1) is 13.2 Å². The van der Waals surface area contributed by atoms with Crippen LogP contribution in [-0.4, -0.2) is 15.1 Å². The molecule has 0 aliphatic carbocycles. The lowest BCUT2D eigenvalue weighted by atomic mass is 10.2. The molecule has 0 spiro atoms. The van der Waals surface area contributed by atoms with Gasteiger partial charge in [-0.2, -0.15) is 0 Å². The number of hydrogen-bond acceptors (Lipinski definition) is 1. The van der Waals surface area contributed by atoms with Crippen LogP contribution in [0.15, 0.2) is 24.6 Å². The van der Waals surface area contributed by atoms with Crippen LogP contribution in [-0.2, 0) is 4.43 Å². The molecule has 0 aromatic rings. The average molecular weight is 170 g/mol. The Morgan fingerprint density at radius 2 is 2.00 bits per heavy atom. The van der Waals surface area contributed by atoms with Crippen LogP contribution in [0, 0.1) is 0 Å². The second-order valence-corrected chi connectivity index (χ2v) is 4.82. The van der Waals surface area contributed by atoms with Crippen molar-refractivity contribution in [1.82, 2.24) is 0 Å². The first-order valence-electron chi connectivity index (χ1n) is 4.15. The summed E-state index contributed by atoms with van der Waals surface area (Å²) in [7, 11) is -1.25. The second kappa shape index (κ2) is 6.37. The molecule has 0 aliphatic rings. The van der Waals surface area contributed by atoms with Crippen LogP contribution in [0.25, 0.3) is 0 Å². The highest BCUT2D eigenvalue weighted by molar-refractivity contribution is 6.62. The molecule has 0 bridgehead atoms. The quantitative estimate of drug-likeness (QED) is 0.556. The van der Waals surface area contributed by atoms with E-state index < -0.39 is 9.04 Å². The van der Waals surface area contributed by atoms with Crippen molar-refractivity contribution in [3.63, 3.8) is 0 Å². The fourth-order valence-corrected chi connectivity index (χ4v) is 2.04. The summed E-state index contributed by atoms with van der Waals surface area (Å²) in [4.78, 5) is 0. The minimum Gasteiger partial charge on any atom is -0.410 e. The Hall–Kier alpha value is -0.343. The third kappa shape index (κ3) is 4.99. The fourth-order valence-electron chi connectivity index (χ4n) is 0.950. The average Bonchev–Trinajstić information content (AvgIpc) is 2.01. The van der Waals surface area contributed by atoms with Crippen LogP contribution in [0.2, 0.25) is 0 Å². The van der Waals surface area contributed by atoms with Gasteiger partial charge in [-0.3, -0.25) is 0 Å². The summed E-state index contributed by atoms with van der Waals surface area (Å²) in [5, 5.41) is 0. The van der Waals surface area contributed by atoms with E-state index in [0.717, 1.165) is 6.42 Å². The Balaban J connectivity index is 3.61. The van der Waals surface area contributed by atoms with Crippen molar-refractivity contribution >= 4 is 9.04 Å². The Kier molecular flexibility index (Phi) is 6.17. The highest BCUT2D eigenvalue weighted by Crippen LogP contribution is 2.03. The smallest absolute Gasteiger partial charge is 0.224 e. The highest BCUT2D eigenvalue weighted by Gasteiger charge is 2.06. The molecule has 1 nitrogen and oxygen atoms in total. The van der Waals surface area contributed by atoms with Crippen molar-refractivity contribution in [2.75, 3.05) is 0 Å². The van der Waals surface area contributed by atoms with Crippen molar-refractivity contribution < 1.29 is 4.43 Å². The van der Waals surface area contributed by atoms with Crippen LogP contribution < -0.4 is 0 Å². The molecule has 0 rings (SSSR count). The van der Waals surface area contributed by atoms with Gasteiger partial charge in [0.1, 0.15) is 0 Å². The van der Waals surface area contributed by atoms with Crippen LogP contribution >= 0.6 is 0 Å². The Morgan fingerprint density at radius 1 is 1.45 bits per heavy atom. The Bertz CT molecular complexity index is 115. The van der Waals surface area contributed by atoms with Crippen molar-refractivity contribution in [2.45, 2.75) is 32.8 Å². The molecule has 0 aromatic heterocycles. The topological polar surface area (TPSA) is 9.23 Å². The largest absolute Gasteiger partial charge is 0.410 e. The van der Waals surface area contributed by atoms with Gasteiger partial charge in [0.05, 0.1) is 0 Å². The van der Waals surface area contributed by atoms with Crippen molar-refractivity contribution in [3.05, 3.63) is 24.6 Å². The maximum Gasteiger partial charge on any atom is 0.224 e. The summed E-state index contributed by atoms with van der Waals surface area (Å²) in [5.41, 5.74) is 3.80. The van der Waals surface area contributed by atoms with Crippen LogP contribution in [0.4, 0.5) is 0 Å². The molecule has 0 saturated heterocycles. The van der Waals surface area contributed by atoms with Gasteiger partial charge in [-0.1, -0.05) is 24.7 Å². The zero-order valence-corrected chi connectivity index (χ0v) is 8.70. The van der Waals surface area contributed by atoms with Gasteiger partial charge in [0.25, 0.3) is 0 Å². The second-order valence-electron chi connectivity index (χ2n) is 2.67. The van der Waals surface area contributed by atoms with Crippen molar-refractivity contribution in [1.29, 1.82) is 0 Å². The van der Waals surface area contributed by atoms with E-state index in [9.17, 15) is 0 Å². The van der Waals surface area contributed by atoms with Gasteiger partial charge in [0.2, 0.25) is 9.04 Å². The molecule has 0 heterocycles. The van der Waals surface area contributed by atoms with Crippen molar-refractivity contribution in [3.8, 4) is 0 Å². The molecular formula is C9H18OSi. The maximum absolute atomic E-state index is 5.69. The molecule has 0 radical (unpaired) electrons. The van der Waals surface area contributed by atoms with E-state index in [1.54, 1.807) is 0 Å². The van der Waals surface area contributed by atoms with Crippen LogP contribution in [0.5, 0.6) is 0 Å². The molecule has 0 saturated carbocycles. The number of rotatable bonds is 6. The molecule has 11 heavy (non-hydrogen) atoms. The maximum atomic E-state index is 5.69. The molecule has 2 heteroatoms. The first-order chi connectivity index (χ1) is 5.24. The zero-order chi connectivity index (χ0) is 8.69. The fraction of sp³-hybridized carbons (Fsp3) is 0.556. The lowest BCUT2D eigenvalue weighted by molar-refractivity contribution is 0.217. The summed E-state index contributed by atoms with van der Waals surface area (Å²) in [6.07, 6.45) is 2.68. The monoisotopic (exact) mass is 170 g/mol. The third-order valence-corrected chi connectivity index (χ3v) is 3.26. The lowest BCUT2D eigenvalue weighted by Gasteiger charge is -2.15. The van der Waals surface area contributed by atoms with E-state index in [1.807, 2.05) is 11.4 Å². The molecule has 64 valence electrons. The van der Waals surface area contributed by atoms with Crippen molar-refractivity contribution in [2.24, 2.45) is 0 Å². The molecule has 1 unspecified atom stereocenters. The summed E-state index contributed by atoms with van der Waals surface area (Å²) >= 11 is 0. The zero-order valence-electron chi connectivity index (χ0n) is 7.55. The van der Waals surface area contributed by atoms with E-state index in [-0.39, 0.29) is 0 Å². The van der Waals surface area contributed by atoms with Gasteiger partial charge in [0, 0.05) is 6.10 Å². The minimum absolute atomic E-state index is 0.368. The predicted molar refractivity (Wildman–Crippen MR) is 53.0 cm³/mol. The van der Waals surface area contributed by atoms with E-state index in [2.05, 4.69) is 27.0 Å². The summed E-state index contributed by atoms with van der Waals surface area (Å²) < 4.78 is 5.69. The summed E-state index contributed by atoms with van der Waals surface area (Å²) in [6.45, 7) is 11.7. The molecule has 0 amide bonds. The number of hydrogen-bond donors (Lipinski definition) is 0. The Morgan fingerprint density at radius 3 is 2.36 bits per heavy atom. The first kappa shape index (κ1) is 10.7. The van der Waals surface area contributed by atoms with Gasteiger partial charge in [-0.25, -0.2) is 0 Å². The highest BCUT2D eigenvalue weighted by atomic mass is 28.3. The Labute approximate surface area is 71.5 Å². The van der Waals surface area contributed by atoms with E-state index in [0.29, 0.717) is 6.10 Å². The van der Waals surface area contributed by atoms with Gasteiger partial charge in [-0.05, 0) is 13.3 Å². The van der Waals surface area contributed by atoms with E-state index in [4.69, 9.17) is 4.43 Å². The van der Waals surface area contributed by atoms with E-state index in [1.165, 1.54) is 6.42 Å². The van der Waals surface area contributed by atoms with E-state index >= 15 is 0 Å². The first-order valence-corrected chi connectivity index (χ1v) is 5.95. The van der Waals surface area contributed by atoms with Crippen LogP contribution in [0.3, 0.4) is 0 Å². The summed E-state index contributed by atoms with van der Waals surface area (Å²) in [5.74, 6) is 0. The SMILES string of the molecule is C=C[SiH](C=C)OC(C)CCC.